The Hall–Kier alpha value is -1.17. The number of hydrogen-bond donors (Lipinski definition) is 2. The van der Waals surface area contributed by atoms with Crippen molar-refractivity contribution in [3.05, 3.63) is 34.5 Å². The van der Waals surface area contributed by atoms with E-state index in [9.17, 15) is 9.90 Å². The summed E-state index contributed by atoms with van der Waals surface area (Å²) in [6, 6.07) is 1.87. The number of nitrogens with one attached hydrogen (secondary N) is 1. The number of carbonyl (C=O) groups is 1. The van der Waals surface area contributed by atoms with E-state index in [1.165, 1.54) is 11.3 Å². The first kappa shape index (κ1) is 13.9. The van der Waals surface area contributed by atoms with E-state index in [1.807, 2.05) is 16.8 Å². The third kappa shape index (κ3) is 4.68. The van der Waals surface area contributed by atoms with Gasteiger partial charge in [-0.15, -0.1) is 0 Å². The molecule has 1 unspecified atom stereocenters. The van der Waals surface area contributed by atoms with Gasteiger partial charge >= 0.3 is 5.97 Å². The van der Waals surface area contributed by atoms with Crippen molar-refractivity contribution in [2.75, 3.05) is 19.7 Å². The van der Waals surface area contributed by atoms with Crippen LogP contribution in [0.1, 0.15) is 18.6 Å². The number of rotatable bonds is 7. The molecule has 1 aromatic heterocycles. The van der Waals surface area contributed by atoms with Gasteiger partial charge in [0.2, 0.25) is 0 Å². The number of esters is 1. The summed E-state index contributed by atoms with van der Waals surface area (Å²) in [7, 11) is 0. The van der Waals surface area contributed by atoms with Crippen LogP contribution in [0.3, 0.4) is 0 Å². The molecule has 0 fully saturated rings. The minimum absolute atomic E-state index is 0.319. The summed E-state index contributed by atoms with van der Waals surface area (Å²) < 4.78 is 4.79. The van der Waals surface area contributed by atoms with Crippen molar-refractivity contribution >= 4 is 17.3 Å². The smallest absolute Gasteiger partial charge is 0.334 e. The molecule has 0 spiro atoms. The predicted octanol–water partition coefficient (Wildman–Crippen LogP) is 1.49. The van der Waals surface area contributed by atoms with Gasteiger partial charge in [-0.25, -0.2) is 4.79 Å². The first-order chi connectivity index (χ1) is 8.15. The molecule has 2 N–H and O–H groups in total. The Balaban J connectivity index is 2.24. The first-order valence-corrected chi connectivity index (χ1v) is 6.35. The summed E-state index contributed by atoms with van der Waals surface area (Å²) in [4.78, 5) is 11.2. The highest BCUT2D eigenvalue weighted by Gasteiger charge is 2.10. The minimum Gasteiger partial charge on any atom is -0.463 e. The molecule has 0 aliphatic rings. The molecular formula is C12H17NO3S. The molecule has 5 heteroatoms. The van der Waals surface area contributed by atoms with Crippen molar-refractivity contribution in [2.24, 2.45) is 0 Å². The van der Waals surface area contributed by atoms with Crippen LogP contribution in [-0.4, -0.2) is 30.8 Å². The second-order valence-corrected chi connectivity index (χ2v) is 4.31. The van der Waals surface area contributed by atoms with E-state index in [1.54, 1.807) is 6.92 Å². The van der Waals surface area contributed by atoms with E-state index in [-0.39, 0.29) is 0 Å². The SMILES string of the molecule is C=C(CNCC(O)c1ccsc1)C(=O)OCC. The van der Waals surface area contributed by atoms with Gasteiger partial charge in [-0.1, -0.05) is 6.58 Å². The molecule has 0 aliphatic heterocycles. The van der Waals surface area contributed by atoms with Crippen LogP contribution in [0.5, 0.6) is 0 Å². The zero-order valence-corrected chi connectivity index (χ0v) is 10.6. The zero-order valence-electron chi connectivity index (χ0n) is 9.81. The Morgan fingerprint density at radius 1 is 1.71 bits per heavy atom. The third-order valence-electron chi connectivity index (χ3n) is 2.17. The van der Waals surface area contributed by atoms with E-state index in [4.69, 9.17) is 4.74 Å². The van der Waals surface area contributed by atoms with E-state index in [0.29, 0.717) is 25.3 Å². The Morgan fingerprint density at radius 2 is 2.47 bits per heavy atom. The molecule has 4 nitrogen and oxygen atoms in total. The maximum atomic E-state index is 11.2. The number of ether oxygens (including phenoxy) is 1. The molecule has 17 heavy (non-hydrogen) atoms. The fourth-order valence-electron chi connectivity index (χ4n) is 1.25. The van der Waals surface area contributed by atoms with Crippen molar-refractivity contribution < 1.29 is 14.6 Å². The Morgan fingerprint density at radius 3 is 3.06 bits per heavy atom. The number of aliphatic hydroxyl groups excluding tert-OH is 1. The number of carbonyl (C=O) groups excluding carboxylic acids is 1. The second-order valence-electron chi connectivity index (χ2n) is 3.53. The molecule has 0 radical (unpaired) electrons. The van der Waals surface area contributed by atoms with Crippen LogP contribution in [-0.2, 0) is 9.53 Å². The molecule has 0 saturated heterocycles. The van der Waals surface area contributed by atoms with Crippen molar-refractivity contribution in [2.45, 2.75) is 13.0 Å². The quantitative estimate of drug-likeness (QED) is 0.572. The molecule has 94 valence electrons. The zero-order chi connectivity index (χ0) is 12.7. The number of aliphatic hydroxyl groups is 1. The monoisotopic (exact) mass is 255 g/mol. The maximum absolute atomic E-state index is 11.2. The molecular weight excluding hydrogens is 238 g/mol. The molecule has 0 saturated carbocycles. The van der Waals surface area contributed by atoms with E-state index in [0.717, 1.165) is 5.56 Å². The Bertz CT molecular complexity index is 362. The minimum atomic E-state index is -0.559. The lowest BCUT2D eigenvalue weighted by Gasteiger charge is -2.11. The average molecular weight is 255 g/mol. The predicted molar refractivity (Wildman–Crippen MR) is 67.9 cm³/mol. The van der Waals surface area contributed by atoms with Gasteiger partial charge in [-0.05, 0) is 29.3 Å². The number of hydrogen-bond acceptors (Lipinski definition) is 5. The van der Waals surface area contributed by atoms with E-state index in [2.05, 4.69) is 11.9 Å². The van der Waals surface area contributed by atoms with Gasteiger partial charge in [0, 0.05) is 18.7 Å². The van der Waals surface area contributed by atoms with Crippen molar-refractivity contribution in [1.29, 1.82) is 0 Å². The van der Waals surface area contributed by atoms with Crippen molar-refractivity contribution in [1.82, 2.24) is 5.32 Å². The van der Waals surface area contributed by atoms with Gasteiger partial charge in [-0.3, -0.25) is 0 Å². The van der Waals surface area contributed by atoms with Crippen LogP contribution in [0.4, 0.5) is 0 Å². The lowest BCUT2D eigenvalue weighted by atomic mass is 10.2. The van der Waals surface area contributed by atoms with Crippen LogP contribution in [0.15, 0.2) is 29.0 Å². The van der Waals surface area contributed by atoms with Gasteiger partial charge in [-0.2, -0.15) is 11.3 Å². The Kier molecular flexibility index (Phi) is 5.90. The topological polar surface area (TPSA) is 58.6 Å². The van der Waals surface area contributed by atoms with Crippen LogP contribution >= 0.6 is 11.3 Å². The summed E-state index contributed by atoms with van der Waals surface area (Å²) in [6.45, 7) is 6.41. The highest BCUT2D eigenvalue weighted by molar-refractivity contribution is 7.07. The summed E-state index contributed by atoms with van der Waals surface area (Å²) >= 11 is 1.54. The lowest BCUT2D eigenvalue weighted by Crippen LogP contribution is -2.26. The molecule has 1 heterocycles. The summed E-state index contributed by atoms with van der Waals surface area (Å²) in [5, 5.41) is 16.5. The van der Waals surface area contributed by atoms with Gasteiger partial charge in [0.1, 0.15) is 0 Å². The van der Waals surface area contributed by atoms with Crippen molar-refractivity contribution in [3.63, 3.8) is 0 Å². The van der Waals surface area contributed by atoms with Crippen LogP contribution in [0, 0.1) is 0 Å². The molecule has 0 aliphatic carbocycles. The summed E-state index contributed by atoms with van der Waals surface area (Å²) in [6.07, 6.45) is -0.559. The molecule has 1 atom stereocenters. The summed E-state index contributed by atoms with van der Waals surface area (Å²) in [5.74, 6) is -0.398. The third-order valence-corrected chi connectivity index (χ3v) is 2.87. The van der Waals surface area contributed by atoms with Crippen molar-refractivity contribution in [3.8, 4) is 0 Å². The first-order valence-electron chi connectivity index (χ1n) is 5.41. The molecule has 0 aromatic carbocycles. The largest absolute Gasteiger partial charge is 0.463 e. The molecule has 1 aromatic rings. The van der Waals surface area contributed by atoms with Crippen LogP contribution in [0.25, 0.3) is 0 Å². The molecule has 0 bridgehead atoms. The number of thiophene rings is 1. The lowest BCUT2D eigenvalue weighted by molar-refractivity contribution is -0.138. The second kappa shape index (κ2) is 7.21. The van der Waals surface area contributed by atoms with Crippen LogP contribution < -0.4 is 5.32 Å². The van der Waals surface area contributed by atoms with Gasteiger partial charge in [0.15, 0.2) is 0 Å². The average Bonchev–Trinajstić information content (AvgIpc) is 2.82. The normalized spacial score (nSPS) is 12.1. The standard InChI is InChI=1S/C12H17NO3S/c1-3-16-12(15)9(2)6-13-7-11(14)10-4-5-17-8-10/h4-5,8,11,13-14H,2-3,6-7H2,1H3. The fourth-order valence-corrected chi connectivity index (χ4v) is 1.95. The van der Waals surface area contributed by atoms with Gasteiger partial charge in [0.05, 0.1) is 12.7 Å². The van der Waals surface area contributed by atoms with Gasteiger partial charge < -0.3 is 15.2 Å². The highest BCUT2D eigenvalue weighted by Crippen LogP contribution is 2.14. The van der Waals surface area contributed by atoms with E-state index < -0.39 is 12.1 Å². The maximum Gasteiger partial charge on any atom is 0.334 e. The summed E-state index contributed by atoms with van der Waals surface area (Å²) in [5.41, 5.74) is 1.24. The van der Waals surface area contributed by atoms with Gasteiger partial charge in [0.25, 0.3) is 0 Å². The molecule has 0 amide bonds. The fraction of sp³-hybridized carbons (Fsp3) is 0.417. The Labute approximate surface area is 105 Å². The molecule has 1 rings (SSSR count). The highest BCUT2D eigenvalue weighted by atomic mass is 32.1. The van der Waals surface area contributed by atoms with E-state index >= 15 is 0 Å². The van der Waals surface area contributed by atoms with Crippen LogP contribution in [0.2, 0.25) is 0 Å².